The summed E-state index contributed by atoms with van der Waals surface area (Å²) in [6, 6.07) is 3.35. The summed E-state index contributed by atoms with van der Waals surface area (Å²) in [5.41, 5.74) is -0.439. The van der Waals surface area contributed by atoms with Crippen molar-refractivity contribution in [1.82, 2.24) is 5.32 Å². The predicted octanol–water partition coefficient (Wildman–Crippen LogP) is 4.04. The van der Waals surface area contributed by atoms with Gasteiger partial charge < -0.3 is 10.1 Å². The lowest BCUT2D eigenvalue weighted by atomic mass is 10.0. The molecule has 0 saturated carbocycles. The van der Waals surface area contributed by atoms with E-state index >= 15 is 0 Å². The molecule has 0 spiro atoms. The van der Waals surface area contributed by atoms with Gasteiger partial charge in [0.1, 0.15) is 0 Å². The highest BCUT2D eigenvalue weighted by Gasteiger charge is 2.33. The maximum atomic E-state index is 12.7. The Morgan fingerprint density at radius 2 is 2.10 bits per heavy atom. The summed E-state index contributed by atoms with van der Waals surface area (Å²) >= 11 is 5.53. The number of nitrogens with one attached hydrogen (secondary N) is 1. The summed E-state index contributed by atoms with van der Waals surface area (Å²) in [5, 5.41) is 2.19. The van der Waals surface area contributed by atoms with Crippen molar-refractivity contribution in [2.45, 2.75) is 32.5 Å². The standard InChI is InChI=1S/C13H15ClF3NO2/c1-3-20-12(19)18-8(2)6-9-4-5-11(14)10(7-9)13(15,16)17/h4-5,7-8H,3,6H2,1-2H3,(H,18,19). The van der Waals surface area contributed by atoms with Gasteiger partial charge in [-0.15, -0.1) is 0 Å². The van der Waals surface area contributed by atoms with Gasteiger partial charge in [-0.1, -0.05) is 17.7 Å². The van der Waals surface area contributed by atoms with Gasteiger partial charge in [-0.2, -0.15) is 13.2 Å². The molecule has 1 rings (SSSR count). The topological polar surface area (TPSA) is 38.3 Å². The quantitative estimate of drug-likeness (QED) is 0.911. The highest BCUT2D eigenvalue weighted by atomic mass is 35.5. The Morgan fingerprint density at radius 1 is 1.45 bits per heavy atom. The van der Waals surface area contributed by atoms with Crippen molar-refractivity contribution in [3.63, 3.8) is 0 Å². The number of hydrogen-bond donors (Lipinski definition) is 1. The number of halogens is 4. The van der Waals surface area contributed by atoms with E-state index in [1.807, 2.05) is 0 Å². The smallest absolute Gasteiger partial charge is 0.417 e. The summed E-state index contributed by atoms with van der Waals surface area (Å²) in [6.07, 6.45) is -4.84. The Labute approximate surface area is 120 Å². The van der Waals surface area contributed by atoms with Gasteiger partial charge in [0.05, 0.1) is 17.2 Å². The highest BCUT2D eigenvalue weighted by molar-refractivity contribution is 6.31. The molecule has 1 unspecified atom stereocenters. The fourth-order valence-electron chi connectivity index (χ4n) is 1.70. The molecule has 1 amide bonds. The molecule has 0 aromatic heterocycles. The molecule has 0 fully saturated rings. The molecule has 1 N–H and O–H groups in total. The Morgan fingerprint density at radius 3 is 2.65 bits per heavy atom. The number of alkyl carbamates (subject to hydrolysis) is 1. The summed E-state index contributed by atoms with van der Waals surface area (Å²) in [5.74, 6) is 0. The minimum atomic E-state index is -4.50. The molecule has 7 heteroatoms. The van der Waals surface area contributed by atoms with Crippen LogP contribution in [0.25, 0.3) is 0 Å². The summed E-state index contributed by atoms with van der Waals surface area (Å²) in [7, 11) is 0. The molecule has 1 atom stereocenters. The third-order valence-electron chi connectivity index (χ3n) is 2.52. The number of hydrogen-bond acceptors (Lipinski definition) is 2. The molecule has 0 aliphatic rings. The lowest BCUT2D eigenvalue weighted by Gasteiger charge is -2.15. The van der Waals surface area contributed by atoms with Crippen LogP contribution in [0.2, 0.25) is 5.02 Å². The fraction of sp³-hybridized carbons (Fsp3) is 0.462. The van der Waals surface area contributed by atoms with Crippen molar-refractivity contribution >= 4 is 17.7 Å². The van der Waals surface area contributed by atoms with Crippen LogP contribution in [0.3, 0.4) is 0 Å². The minimum absolute atomic E-state index is 0.234. The number of ether oxygens (including phenoxy) is 1. The maximum Gasteiger partial charge on any atom is 0.417 e. The van der Waals surface area contributed by atoms with Crippen molar-refractivity contribution in [3.05, 3.63) is 34.3 Å². The van der Waals surface area contributed by atoms with Gasteiger partial charge in [-0.3, -0.25) is 0 Å². The van der Waals surface area contributed by atoms with Crippen LogP contribution in [-0.2, 0) is 17.3 Å². The van der Waals surface area contributed by atoms with Crippen LogP contribution < -0.4 is 5.32 Å². The second kappa shape index (κ2) is 6.83. The van der Waals surface area contributed by atoms with Crippen LogP contribution in [-0.4, -0.2) is 18.7 Å². The Hall–Kier alpha value is -1.43. The molecule has 0 aliphatic heterocycles. The van der Waals surface area contributed by atoms with E-state index in [9.17, 15) is 18.0 Å². The molecule has 0 saturated heterocycles. The average Bonchev–Trinajstić information content (AvgIpc) is 2.30. The number of carbonyl (C=O) groups excluding carboxylic acids is 1. The number of carbonyl (C=O) groups is 1. The van der Waals surface area contributed by atoms with Gasteiger partial charge in [-0.25, -0.2) is 4.79 Å². The van der Waals surface area contributed by atoms with E-state index in [1.54, 1.807) is 13.8 Å². The second-order valence-corrected chi connectivity index (χ2v) is 4.69. The third-order valence-corrected chi connectivity index (χ3v) is 2.85. The number of alkyl halides is 3. The lowest BCUT2D eigenvalue weighted by molar-refractivity contribution is -0.137. The number of rotatable bonds is 4. The molecular formula is C13H15ClF3NO2. The molecule has 0 radical (unpaired) electrons. The first-order chi connectivity index (χ1) is 9.24. The molecule has 1 aromatic rings. The van der Waals surface area contributed by atoms with Gasteiger partial charge in [0.2, 0.25) is 0 Å². The second-order valence-electron chi connectivity index (χ2n) is 4.28. The zero-order valence-electron chi connectivity index (χ0n) is 11.1. The van der Waals surface area contributed by atoms with Crippen LogP contribution >= 0.6 is 11.6 Å². The lowest BCUT2D eigenvalue weighted by Crippen LogP contribution is -2.34. The molecule has 112 valence electrons. The van der Waals surface area contributed by atoms with Gasteiger partial charge in [0.15, 0.2) is 0 Å². The highest BCUT2D eigenvalue weighted by Crippen LogP contribution is 2.35. The number of benzene rings is 1. The van der Waals surface area contributed by atoms with Crippen LogP contribution in [0, 0.1) is 0 Å². The first-order valence-corrected chi connectivity index (χ1v) is 6.40. The molecule has 1 aromatic carbocycles. The third kappa shape index (κ3) is 4.92. The largest absolute Gasteiger partial charge is 0.450 e. The predicted molar refractivity (Wildman–Crippen MR) is 69.8 cm³/mol. The van der Waals surface area contributed by atoms with Gasteiger partial charge in [0, 0.05) is 6.04 Å². The number of amides is 1. The maximum absolute atomic E-state index is 12.7. The molecule has 0 bridgehead atoms. The fourth-order valence-corrected chi connectivity index (χ4v) is 1.92. The zero-order chi connectivity index (χ0) is 15.3. The molecule has 0 heterocycles. The normalized spacial score (nSPS) is 12.9. The van der Waals surface area contributed by atoms with Gasteiger partial charge in [0.25, 0.3) is 0 Å². The Balaban J connectivity index is 2.76. The monoisotopic (exact) mass is 309 g/mol. The van der Waals surface area contributed by atoms with Crippen LogP contribution in [0.4, 0.5) is 18.0 Å². The molecule has 3 nitrogen and oxygen atoms in total. The van der Waals surface area contributed by atoms with E-state index in [1.165, 1.54) is 12.1 Å². The average molecular weight is 310 g/mol. The Bertz CT molecular complexity index is 477. The Kier molecular flexibility index (Phi) is 5.68. The van der Waals surface area contributed by atoms with Crippen LogP contribution in [0.15, 0.2) is 18.2 Å². The van der Waals surface area contributed by atoms with E-state index in [-0.39, 0.29) is 24.1 Å². The van der Waals surface area contributed by atoms with E-state index in [0.29, 0.717) is 5.56 Å². The molecular weight excluding hydrogens is 295 g/mol. The minimum Gasteiger partial charge on any atom is -0.450 e. The van der Waals surface area contributed by atoms with E-state index in [2.05, 4.69) is 5.32 Å². The first-order valence-electron chi connectivity index (χ1n) is 6.03. The van der Waals surface area contributed by atoms with E-state index < -0.39 is 17.8 Å². The summed E-state index contributed by atoms with van der Waals surface area (Å²) in [6.45, 7) is 3.58. The van der Waals surface area contributed by atoms with Gasteiger partial charge in [-0.05, 0) is 38.0 Å². The zero-order valence-corrected chi connectivity index (χ0v) is 11.8. The van der Waals surface area contributed by atoms with Gasteiger partial charge >= 0.3 is 12.3 Å². The van der Waals surface area contributed by atoms with Crippen molar-refractivity contribution in [2.24, 2.45) is 0 Å². The van der Waals surface area contributed by atoms with Crippen molar-refractivity contribution < 1.29 is 22.7 Å². The van der Waals surface area contributed by atoms with Crippen LogP contribution in [0.5, 0.6) is 0 Å². The van der Waals surface area contributed by atoms with Crippen molar-refractivity contribution in [1.29, 1.82) is 0 Å². The SMILES string of the molecule is CCOC(=O)NC(C)Cc1ccc(Cl)c(C(F)(F)F)c1. The van der Waals surface area contributed by atoms with Crippen molar-refractivity contribution in [3.8, 4) is 0 Å². The first kappa shape index (κ1) is 16.6. The summed E-state index contributed by atoms with van der Waals surface area (Å²) in [4.78, 5) is 11.2. The molecule has 0 aliphatic carbocycles. The van der Waals surface area contributed by atoms with E-state index in [0.717, 1.165) is 6.07 Å². The van der Waals surface area contributed by atoms with E-state index in [4.69, 9.17) is 16.3 Å². The van der Waals surface area contributed by atoms with Crippen molar-refractivity contribution in [2.75, 3.05) is 6.61 Å². The summed E-state index contributed by atoms with van der Waals surface area (Å²) < 4.78 is 42.8. The van der Waals surface area contributed by atoms with Crippen LogP contribution in [0.1, 0.15) is 25.0 Å². The molecule has 20 heavy (non-hydrogen) atoms.